The van der Waals surface area contributed by atoms with Crippen LogP contribution in [0, 0.1) is 11.2 Å². The van der Waals surface area contributed by atoms with E-state index in [0.29, 0.717) is 29.2 Å². The highest BCUT2D eigenvalue weighted by Crippen LogP contribution is 2.51. The van der Waals surface area contributed by atoms with E-state index >= 15 is 4.39 Å². The number of hydrogen-bond donors (Lipinski definition) is 2. The van der Waals surface area contributed by atoms with Gasteiger partial charge in [-0.25, -0.2) is 4.39 Å². The molecule has 0 fully saturated rings. The first-order chi connectivity index (χ1) is 23.1. The average Bonchev–Trinajstić information content (AvgIpc) is 3.39. The summed E-state index contributed by atoms with van der Waals surface area (Å²) in [4.78, 5) is 30.3. The third-order valence-corrected chi connectivity index (χ3v) is 8.91. The predicted octanol–water partition coefficient (Wildman–Crippen LogP) is 7.97. The maximum absolute atomic E-state index is 16.5. The van der Waals surface area contributed by atoms with Gasteiger partial charge in [-0.3, -0.25) is 19.2 Å². The average molecular weight is 643 g/mol. The van der Waals surface area contributed by atoms with Crippen LogP contribution >= 0.6 is 0 Å². The van der Waals surface area contributed by atoms with Crippen LogP contribution in [-0.4, -0.2) is 26.6 Å². The maximum Gasteiger partial charge on any atom is 0.279 e. The van der Waals surface area contributed by atoms with Crippen LogP contribution in [0.1, 0.15) is 54.3 Å². The smallest absolute Gasteiger partial charge is 0.279 e. The summed E-state index contributed by atoms with van der Waals surface area (Å²) in [6.07, 6.45) is 0.651. The summed E-state index contributed by atoms with van der Waals surface area (Å²) in [5, 5.41) is 19.0. The fourth-order valence-corrected chi connectivity index (χ4v) is 6.70. The van der Waals surface area contributed by atoms with Crippen molar-refractivity contribution in [2.75, 3.05) is 10.2 Å². The molecule has 0 spiro atoms. The van der Waals surface area contributed by atoms with Crippen molar-refractivity contribution in [1.82, 2.24) is 9.78 Å². The second kappa shape index (κ2) is 12.2. The molecule has 0 bridgehead atoms. The highest BCUT2D eigenvalue weighted by molar-refractivity contribution is 6.12. The molecule has 1 unspecified atom stereocenters. The molecule has 2 N–H and O–H groups in total. The molecule has 1 aromatic heterocycles. The van der Waals surface area contributed by atoms with Gasteiger partial charge >= 0.3 is 0 Å². The van der Waals surface area contributed by atoms with Crippen LogP contribution in [-0.2, 0) is 18.4 Å². The summed E-state index contributed by atoms with van der Waals surface area (Å²) in [5.41, 5.74) is 3.68. The van der Waals surface area contributed by atoms with E-state index < -0.39 is 23.2 Å². The van der Waals surface area contributed by atoms with Crippen LogP contribution in [0.15, 0.2) is 114 Å². The van der Waals surface area contributed by atoms with Crippen LogP contribution in [0.2, 0.25) is 0 Å². The number of anilines is 2. The topological polar surface area (TPSA) is 96.7 Å². The molecular formula is C39H35FN4O4. The standard InChI is InChI=1S/C39H35FN4O4/c1-39(2)21-30-35(34(46)22-39)37(27-18-17-26(19-28(27)40)48-23-24-11-6-4-7-12-24)44(31-15-10-16-33(45)36(31)41-30)38(47)29-20-32(43(3)42-29)25-13-8-5-9-14-25/h4-20,37,41,45H,21-23H2,1-3H3. The molecule has 1 aliphatic heterocycles. The Labute approximate surface area is 278 Å². The summed E-state index contributed by atoms with van der Waals surface area (Å²) < 4.78 is 24.0. The van der Waals surface area contributed by atoms with Crippen molar-refractivity contribution < 1.29 is 23.8 Å². The zero-order valence-corrected chi connectivity index (χ0v) is 26.9. The van der Waals surface area contributed by atoms with E-state index in [1.807, 2.05) is 74.5 Å². The number of allylic oxidation sites excluding steroid dienone is 1. The van der Waals surface area contributed by atoms with Gasteiger partial charge in [0.1, 0.15) is 29.6 Å². The highest BCUT2D eigenvalue weighted by Gasteiger charge is 2.45. The Morgan fingerprint density at radius 2 is 1.71 bits per heavy atom. The summed E-state index contributed by atoms with van der Waals surface area (Å²) in [6, 6.07) is 29.0. The Bertz CT molecular complexity index is 2070. The zero-order chi connectivity index (χ0) is 33.6. The van der Waals surface area contributed by atoms with Crippen LogP contribution < -0.4 is 15.0 Å². The summed E-state index contributed by atoms with van der Waals surface area (Å²) in [7, 11) is 1.75. The number of fused-ring (bicyclic) bond motifs is 1. The molecule has 7 rings (SSSR count). The van der Waals surface area contributed by atoms with Crippen molar-refractivity contribution in [3.05, 3.63) is 137 Å². The van der Waals surface area contributed by atoms with Gasteiger partial charge in [0.15, 0.2) is 11.5 Å². The van der Waals surface area contributed by atoms with Gasteiger partial charge in [0.25, 0.3) is 5.91 Å². The van der Waals surface area contributed by atoms with E-state index in [1.165, 1.54) is 17.0 Å². The number of hydrogen-bond acceptors (Lipinski definition) is 6. The van der Waals surface area contributed by atoms with Gasteiger partial charge in [-0.05, 0) is 53.3 Å². The van der Waals surface area contributed by atoms with Crippen LogP contribution in [0.5, 0.6) is 11.5 Å². The number of amides is 1. The summed E-state index contributed by atoms with van der Waals surface area (Å²) in [5.74, 6) is -1.20. The minimum Gasteiger partial charge on any atom is -0.506 e. The van der Waals surface area contributed by atoms with Gasteiger partial charge in [-0.2, -0.15) is 5.10 Å². The fraction of sp³-hybridized carbons (Fsp3) is 0.205. The van der Waals surface area contributed by atoms with Crippen molar-refractivity contribution in [1.29, 1.82) is 0 Å². The van der Waals surface area contributed by atoms with Crippen LogP contribution in [0.3, 0.4) is 0 Å². The molecule has 1 amide bonds. The lowest BCUT2D eigenvalue weighted by Gasteiger charge is -2.37. The molecule has 48 heavy (non-hydrogen) atoms. The minimum atomic E-state index is -1.17. The number of aromatic nitrogens is 2. The molecule has 2 heterocycles. The van der Waals surface area contributed by atoms with E-state index in [1.54, 1.807) is 42.1 Å². The molecule has 0 saturated heterocycles. The van der Waals surface area contributed by atoms with Crippen LogP contribution in [0.4, 0.5) is 15.8 Å². The molecule has 242 valence electrons. The molecule has 8 nitrogen and oxygen atoms in total. The van der Waals surface area contributed by atoms with E-state index in [-0.39, 0.29) is 47.1 Å². The Balaban J connectivity index is 1.39. The number of aryl methyl sites for hydroxylation is 1. The monoisotopic (exact) mass is 642 g/mol. The summed E-state index contributed by atoms with van der Waals surface area (Å²) >= 11 is 0. The van der Waals surface area contributed by atoms with E-state index in [0.717, 1.165) is 11.1 Å². The van der Waals surface area contributed by atoms with E-state index in [2.05, 4.69) is 10.4 Å². The number of carbonyl (C=O) groups excluding carboxylic acids is 2. The van der Waals surface area contributed by atoms with Gasteiger partial charge in [-0.1, -0.05) is 80.6 Å². The van der Waals surface area contributed by atoms with Crippen molar-refractivity contribution >= 4 is 23.1 Å². The molecule has 5 aromatic rings. The Kier molecular flexibility index (Phi) is 7.83. The Hall–Kier alpha value is -5.70. The number of rotatable bonds is 6. The van der Waals surface area contributed by atoms with Gasteiger partial charge < -0.3 is 15.2 Å². The molecule has 1 aliphatic carbocycles. The number of nitrogens with one attached hydrogen (secondary N) is 1. The third kappa shape index (κ3) is 5.72. The molecule has 2 aliphatic rings. The zero-order valence-electron chi connectivity index (χ0n) is 26.9. The quantitative estimate of drug-likeness (QED) is 0.183. The number of phenolic OH excluding ortho intramolecular Hbond substituents is 1. The molecule has 4 aromatic carbocycles. The second-order valence-corrected chi connectivity index (χ2v) is 13.1. The first kappa shape index (κ1) is 30.9. The third-order valence-electron chi connectivity index (χ3n) is 8.91. The van der Waals surface area contributed by atoms with Crippen LogP contribution in [0.25, 0.3) is 11.3 Å². The first-order valence-corrected chi connectivity index (χ1v) is 15.8. The molecule has 0 saturated carbocycles. The number of para-hydroxylation sites is 1. The molecule has 0 radical (unpaired) electrons. The fourth-order valence-electron chi connectivity index (χ4n) is 6.70. The van der Waals surface area contributed by atoms with Gasteiger partial charge in [0.05, 0.1) is 17.4 Å². The number of phenols is 1. The Morgan fingerprint density at radius 3 is 2.44 bits per heavy atom. The number of halogens is 1. The highest BCUT2D eigenvalue weighted by atomic mass is 19.1. The van der Waals surface area contributed by atoms with Gasteiger partial charge in [-0.15, -0.1) is 0 Å². The van der Waals surface area contributed by atoms with Crippen molar-refractivity contribution in [3.63, 3.8) is 0 Å². The summed E-state index contributed by atoms with van der Waals surface area (Å²) in [6.45, 7) is 4.23. The number of ketones is 1. The number of nitrogens with zero attached hydrogens (tertiary/aromatic N) is 3. The normalized spacial score (nSPS) is 16.9. The van der Waals surface area contributed by atoms with Crippen molar-refractivity contribution in [2.24, 2.45) is 12.5 Å². The number of Topliss-reactive ketones (excluding diaryl/α,β-unsaturated/α-hetero) is 1. The Morgan fingerprint density at radius 1 is 0.979 bits per heavy atom. The van der Waals surface area contributed by atoms with Crippen molar-refractivity contribution in [2.45, 2.75) is 39.3 Å². The van der Waals surface area contributed by atoms with Gasteiger partial charge in [0.2, 0.25) is 0 Å². The second-order valence-electron chi connectivity index (χ2n) is 13.1. The van der Waals surface area contributed by atoms with E-state index in [9.17, 15) is 14.7 Å². The molecule has 1 atom stereocenters. The first-order valence-electron chi connectivity index (χ1n) is 15.8. The van der Waals surface area contributed by atoms with E-state index in [4.69, 9.17) is 4.74 Å². The maximum atomic E-state index is 16.5. The molecular weight excluding hydrogens is 607 g/mol. The number of ether oxygens (including phenoxy) is 1. The van der Waals surface area contributed by atoms with Crippen molar-refractivity contribution in [3.8, 4) is 22.8 Å². The number of carbonyl (C=O) groups is 2. The van der Waals surface area contributed by atoms with Gasteiger partial charge in [0, 0.05) is 36.4 Å². The molecule has 9 heteroatoms. The lowest BCUT2D eigenvalue weighted by atomic mass is 9.73. The largest absolute Gasteiger partial charge is 0.506 e. The lowest BCUT2D eigenvalue weighted by molar-refractivity contribution is -0.118. The SMILES string of the molecule is Cn1nc(C(=O)N2c3cccc(O)c3NC3=C(C(=O)CC(C)(C)C3)C2c2ccc(OCc3ccccc3)cc2F)cc1-c1ccccc1. The predicted molar refractivity (Wildman–Crippen MR) is 182 cm³/mol. The lowest BCUT2D eigenvalue weighted by Crippen LogP contribution is -2.40. The number of benzene rings is 4. The number of aromatic hydroxyl groups is 1. The minimum absolute atomic E-state index is 0.103.